The number of amides is 1. The molecule has 0 spiro atoms. The van der Waals surface area contributed by atoms with Gasteiger partial charge in [-0.05, 0) is 123 Å². The third kappa shape index (κ3) is 5.93. The number of nitrogens with one attached hydrogen (secondary N) is 1. The summed E-state index contributed by atoms with van der Waals surface area (Å²) < 4.78 is 8.07. The number of amidine groups is 1. The van der Waals surface area contributed by atoms with E-state index in [4.69, 9.17) is 4.74 Å². The minimum Gasteiger partial charge on any atom is -0.487 e. The lowest BCUT2D eigenvalue weighted by atomic mass is 10.1. The van der Waals surface area contributed by atoms with Crippen molar-refractivity contribution in [1.82, 2.24) is 5.32 Å². The molecule has 0 atom stereocenters. The number of benzene rings is 3. The molecule has 0 saturated carbocycles. The smallest absolute Gasteiger partial charge is 0.264 e. The van der Waals surface area contributed by atoms with Gasteiger partial charge in [-0.15, -0.1) is 0 Å². The summed E-state index contributed by atoms with van der Waals surface area (Å²) in [7, 11) is 0. The highest BCUT2D eigenvalue weighted by atomic mass is 127. The number of aliphatic imine (C=N–C) groups is 1. The molecule has 1 N–H and O–H groups in total. The average Bonchev–Trinajstić information content (AvgIpc) is 3.06. The average molecular weight is 666 g/mol. The fourth-order valence-electron chi connectivity index (χ4n) is 3.29. The highest BCUT2D eigenvalue weighted by Gasteiger charge is 2.24. The number of rotatable bonds is 5. The lowest BCUT2D eigenvalue weighted by Crippen LogP contribution is -2.19. The second-order valence-corrected chi connectivity index (χ2v) is 10.8. The summed E-state index contributed by atoms with van der Waals surface area (Å²) in [6, 6.07) is 20.3. The zero-order chi connectivity index (χ0) is 22.7. The third-order valence-electron chi connectivity index (χ3n) is 4.63. The second-order valence-electron chi connectivity index (χ2n) is 7.42. The molecule has 1 heterocycles. The molecule has 1 fully saturated rings. The Balaban J connectivity index is 1.52. The van der Waals surface area contributed by atoms with Crippen molar-refractivity contribution in [2.24, 2.45) is 4.99 Å². The van der Waals surface area contributed by atoms with Crippen molar-refractivity contribution in [2.45, 2.75) is 20.5 Å². The summed E-state index contributed by atoms with van der Waals surface area (Å²) >= 11 is 5.92. The molecule has 1 aliphatic heterocycles. The van der Waals surface area contributed by atoms with Gasteiger partial charge in [-0.1, -0.05) is 36.4 Å². The van der Waals surface area contributed by atoms with Crippen molar-refractivity contribution in [2.75, 3.05) is 0 Å². The van der Waals surface area contributed by atoms with E-state index in [0.29, 0.717) is 16.7 Å². The van der Waals surface area contributed by atoms with Gasteiger partial charge in [0.05, 0.1) is 17.7 Å². The fraction of sp³-hybridized carbons (Fsp3) is 0.120. The van der Waals surface area contributed by atoms with E-state index in [9.17, 15) is 4.79 Å². The fourth-order valence-corrected chi connectivity index (χ4v) is 6.26. The Kier molecular flexibility index (Phi) is 7.57. The van der Waals surface area contributed by atoms with Crippen molar-refractivity contribution in [3.8, 4) is 5.75 Å². The quantitative estimate of drug-likeness (QED) is 0.236. The monoisotopic (exact) mass is 666 g/mol. The minimum atomic E-state index is -0.132. The molecule has 4 rings (SSSR count). The number of halogens is 2. The van der Waals surface area contributed by atoms with Crippen LogP contribution in [-0.2, 0) is 11.4 Å². The molecule has 32 heavy (non-hydrogen) atoms. The summed E-state index contributed by atoms with van der Waals surface area (Å²) in [5, 5.41) is 3.46. The Bertz CT molecular complexity index is 1200. The van der Waals surface area contributed by atoms with Crippen LogP contribution < -0.4 is 10.1 Å². The number of nitrogens with zero attached hydrogens (tertiary/aromatic N) is 1. The van der Waals surface area contributed by atoms with E-state index < -0.39 is 0 Å². The maximum absolute atomic E-state index is 12.5. The number of carbonyl (C=O) groups is 1. The standard InChI is InChI=1S/C25H20I2N2O2S/c1-15-8-16(2)10-19(9-15)28-25-29-24(30)22(32-25)13-18-11-20(26)23(21(27)12-18)31-14-17-6-4-3-5-7-17/h3-13H,14H2,1-2H3,(H,28,29,30). The zero-order valence-corrected chi connectivity index (χ0v) is 22.6. The Labute approximate surface area is 219 Å². The first-order valence-corrected chi connectivity index (χ1v) is 12.9. The van der Waals surface area contributed by atoms with Crippen LogP contribution in [0.3, 0.4) is 0 Å². The molecule has 162 valence electrons. The van der Waals surface area contributed by atoms with Crippen LogP contribution in [0.15, 0.2) is 70.6 Å². The Morgan fingerprint density at radius 2 is 1.66 bits per heavy atom. The van der Waals surface area contributed by atoms with Crippen LogP contribution in [0.2, 0.25) is 0 Å². The number of hydrogen-bond donors (Lipinski definition) is 1. The summed E-state index contributed by atoms with van der Waals surface area (Å²) in [6.45, 7) is 4.60. The first-order valence-electron chi connectivity index (χ1n) is 9.91. The number of aryl methyl sites for hydroxylation is 2. The molecule has 0 unspecified atom stereocenters. The SMILES string of the molecule is Cc1cc(C)cc(N=C2NC(=O)C(=Cc3cc(I)c(OCc4ccccc4)c(I)c3)S2)c1. The van der Waals surface area contributed by atoms with Crippen LogP contribution in [0.25, 0.3) is 6.08 Å². The van der Waals surface area contributed by atoms with Gasteiger partial charge in [0.2, 0.25) is 0 Å². The number of hydrogen-bond acceptors (Lipinski definition) is 4. The topological polar surface area (TPSA) is 50.7 Å². The Morgan fingerprint density at radius 1 is 1.00 bits per heavy atom. The molecule has 3 aromatic carbocycles. The van der Waals surface area contributed by atoms with Gasteiger partial charge in [0, 0.05) is 0 Å². The van der Waals surface area contributed by atoms with Crippen LogP contribution in [0.1, 0.15) is 22.3 Å². The maximum atomic E-state index is 12.5. The van der Waals surface area contributed by atoms with Gasteiger partial charge in [0.1, 0.15) is 12.4 Å². The Hall–Kier alpha value is -1.85. The molecule has 1 amide bonds. The lowest BCUT2D eigenvalue weighted by Gasteiger charge is -2.11. The molecule has 1 aliphatic rings. The highest BCUT2D eigenvalue weighted by molar-refractivity contribution is 14.1. The molecule has 0 aliphatic carbocycles. The first-order chi connectivity index (χ1) is 15.4. The van der Waals surface area contributed by atoms with Gasteiger partial charge in [-0.3, -0.25) is 4.79 Å². The number of carbonyl (C=O) groups excluding carboxylic acids is 1. The van der Waals surface area contributed by atoms with Crippen LogP contribution in [0.5, 0.6) is 5.75 Å². The zero-order valence-electron chi connectivity index (χ0n) is 17.5. The Morgan fingerprint density at radius 3 is 2.31 bits per heavy atom. The van der Waals surface area contributed by atoms with E-state index in [0.717, 1.165) is 40.8 Å². The van der Waals surface area contributed by atoms with E-state index >= 15 is 0 Å². The van der Waals surface area contributed by atoms with Crippen LogP contribution in [-0.4, -0.2) is 11.1 Å². The van der Waals surface area contributed by atoms with Gasteiger partial charge in [-0.25, -0.2) is 4.99 Å². The number of ether oxygens (including phenoxy) is 1. The largest absolute Gasteiger partial charge is 0.487 e. The molecule has 3 aromatic rings. The van der Waals surface area contributed by atoms with Crippen molar-refractivity contribution >= 4 is 79.8 Å². The molecule has 4 nitrogen and oxygen atoms in total. The first kappa shape index (κ1) is 23.3. The van der Waals surface area contributed by atoms with Gasteiger partial charge in [0.25, 0.3) is 5.91 Å². The van der Waals surface area contributed by atoms with Crippen molar-refractivity contribution in [3.63, 3.8) is 0 Å². The highest BCUT2D eigenvalue weighted by Crippen LogP contribution is 2.33. The van der Waals surface area contributed by atoms with E-state index in [1.54, 1.807) is 0 Å². The van der Waals surface area contributed by atoms with Crippen molar-refractivity contribution in [3.05, 3.63) is 95.0 Å². The van der Waals surface area contributed by atoms with E-state index in [1.807, 2.05) is 74.5 Å². The summed E-state index contributed by atoms with van der Waals surface area (Å²) in [4.78, 5) is 17.7. The van der Waals surface area contributed by atoms with Gasteiger partial charge in [-0.2, -0.15) is 0 Å². The van der Waals surface area contributed by atoms with Crippen LogP contribution >= 0.6 is 56.9 Å². The maximum Gasteiger partial charge on any atom is 0.264 e. The molecule has 0 radical (unpaired) electrons. The van der Waals surface area contributed by atoms with E-state index in [-0.39, 0.29) is 5.91 Å². The minimum absolute atomic E-state index is 0.132. The third-order valence-corrected chi connectivity index (χ3v) is 7.14. The van der Waals surface area contributed by atoms with Gasteiger partial charge < -0.3 is 10.1 Å². The summed E-state index contributed by atoms with van der Waals surface area (Å²) in [6.07, 6.45) is 1.90. The van der Waals surface area contributed by atoms with Crippen LogP contribution in [0.4, 0.5) is 5.69 Å². The van der Waals surface area contributed by atoms with Crippen LogP contribution in [0, 0.1) is 21.0 Å². The molecule has 7 heteroatoms. The van der Waals surface area contributed by atoms with Crippen molar-refractivity contribution in [1.29, 1.82) is 0 Å². The molecule has 0 aromatic heterocycles. The molecule has 0 bridgehead atoms. The molecular weight excluding hydrogens is 646 g/mol. The predicted octanol–water partition coefficient (Wildman–Crippen LogP) is 6.98. The predicted molar refractivity (Wildman–Crippen MR) is 149 cm³/mol. The summed E-state index contributed by atoms with van der Waals surface area (Å²) in [5.74, 6) is 0.727. The summed E-state index contributed by atoms with van der Waals surface area (Å²) in [5.41, 5.74) is 5.22. The van der Waals surface area contributed by atoms with Gasteiger partial charge >= 0.3 is 0 Å². The normalized spacial score (nSPS) is 15.9. The van der Waals surface area contributed by atoms with Gasteiger partial charge in [0.15, 0.2) is 5.17 Å². The number of thioether (sulfide) groups is 1. The molecule has 1 saturated heterocycles. The second kappa shape index (κ2) is 10.4. The van der Waals surface area contributed by atoms with Crippen molar-refractivity contribution < 1.29 is 9.53 Å². The van der Waals surface area contributed by atoms with E-state index in [1.165, 1.54) is 11.8 Å². The lowest BCUT2D eigenvalue weighted by molar-refractivity contribution is -0.115. The molecular formula is C25H20I2N2O2S. The van der Waals surface area contributed by atoms with E-state index in [2.05, 4.69) is 61.6 Å².